The molecule has 2 aromatic rings. The molecule has 3 rings (SSSR count). The number of imide groups is 1. The van der Waals surface area contributed by atoms with Gasteiger partial charge in [0.05, 0.1) is 17.0 Å². The van der Waals surface area contributed by atoms with E-state index in [1.54, 1.807) is 24.3 Å². The molecule has 0 saturated carbocycles. The van der Waals surface area contributed by atoms with E-state index in [4.69, 9.17) is 0 Å². The topological polar surface area (TPSA) is 66.5 Å². The molecule has 0 fully saturated rings. The molecular formula is C21H22N2O3S. The fourth-order valence-corrected chi connectivity index (χ4v) is 3.74. The van der Waals surface area contributed by atoms with E-state index in [1.165, 1.54) is 16.7 Å². The molecule has 0 aliphatic carbocycles. The van der Waals surface area contributed by atoms with Crippen molar-refractivity contribution in [2.24, 2.45) is 5.41 Å². The first-order chi connectivity index (χ1) is 12.7. The molecule has 0 spiro atoms. The van der Waals surface area contributed by atoms with Crippen molar-refractivity contribution >= 4 is 35.2 Å². The fourth-order valence-electron chi connectivity index (χ4n) is 2.85. The van der Waals surface area contributed by atoms with E-state index >= 15 is 0 Å². The lowest BCUT2D eigenvalue weighted by atomic mass is 9.92. The molecule has 3 amide bonds. The van der Waals surface area contributed by atoms with Gasteiger partial charge in [0, 0.05) is 17.0 Å². The monoisotopic (exact) mass is 382 g/mol. The Labute approximate surface area is 163 Å². The van der Waals surface area contributed by atoms with Crippen LogP contribution >= 0.6 is 11.8 Å². The van der Waals surface area contributed by atoms with E-state index in [2.05, 4.69) is 5.32 Å². The Hall–Kier alpha value is -2.60. The van der Waals surface area contributed by atoms with E-state index in [9.17, 15) is 14.4 Å². The smallest absolute Gasteiger partial charge is 0.262 e. The van der Waals surface area contributed by atoms with Crippen molar-refractivity contribution in [3.63, 3.8) is 0 Å². The van der Waals surface area contributed by atoms with Crippen molar-refractivity contribution in [3.8, 4) is 0 Å². The van der Waals surface area contributed by atoms with Crippen LogP contribution in [-0.2, 0) is 4.79 Å². The molecule has 6 heteroatoms. The van der Waals surface area contributed by atoms with E-state index in [1.807, 2.05) is 45.0 Å². The normalized spacial score (nSPS) is 13.7. The Morgan fingerprint density at radius 2 is 1.63 bits per heavy atom. The van der Waals surface area contributed by atoms with Crippen molar-refractivity contribution in [3.05, 3.63) is 59.7 Å². The minimum atomic E-state index is -0.266. The molecule has 1 heterocycles. The molecule has 0 bridgehead atoms. The van der Waals surface area contributed by atoms with Crippen LogP contribution in [0.25, 0.3) is 0 Å². The van der Waals surface area contributed by atoms with Crippen LogP contribution < -0.4 is 5.32 Å². The fraction of sp³-hybridized carbons (Fsp3) is 0.286. The third-order valence-electron chi connectivity index (χ3n) is 4.05. The molecular weight excluding hydrogens is 360 g/mol. The first kappa shape index (κ1) is 19.2. The highest BCUT2D eigenvalue weighted by Gasteiger charge is 2.34. The third kappa shape index (κ3) is 4.57. The number of hydrogen-bond donors (Lipinski definition) is 1. The maximum Gasteiger partial charge on any atom is 0.262 e. The quantitative estimate of drug-likeness (QED) is 0.614. The Morgan fingerprint density at radius 3 is 2.22 bits per heavy atom. The lowest BCUT2D eigenvalue weighted by molar-refractivity contribution is -0.117. The third-order valence-corrected chi connectivity index (χ3v) is 5.02. The summed E-state index contributed by atoms with van der Waals surface area (Å²) in [4.78, 5) is 39.0. The van der Waals surface area contributed by atoms with E-state index < -0.39 is 0 Å². The summed E-state index contributed by atoms with van der Waals surface area (Å²) in [6.45, 7) is 6.04. The Morgan fingerprint density at radius 1 is 1.00 bits per heavy atom. The molecule has 1 aliphatic rings. The number of carbonyl (C=O) groups excluding carboxylic acids is 3. The number of amides is 3. The van der Waals surface area contributed by atoms with E-state index in [0.717, 1.165) is 4.90 Å². The molecule has 0 unspecified atom stereocenters. The molecule has 140 valence electrons. The number of carbonyl (C=O) groups is 3. The summed E-state index contributed by atoms with van der Waals surface area (Å²) < 4.78 is 0. The minimum absolute atomic E-state index is 0.0370. The van der Waals surface area contributed by atoms with Gasteiger partial charge in [0.1, 0.15) is 0 Å². The van der Waals surface area contributed by atoms with Crippen LogP contribution in [0.2, 0.25) is 0 Å². The Bertz CT molecular complexity index is 867. The second kappa shape index (κ2) is 7.56. The molecule has 0 aromatic heterocycles. The second-order valence-corrected chi connectivity index (χ2v) is 8.69. The van der Waals surface area contributed by atoms with Crippen molar-refractivity contribution in [2.45, 2.75) is 32.1 Å². The summed E-state index contributed by atoms with van der Waals surface area (Å²) in [6, 6.07) is 14.3. The molecule has 27 heavy (non-hydrogen) atoms. The Kier molecular flexibility index (Phi) is 5.37. The average molecular weight is 382 g/mol. The zero-order valence-corrected chi connectivity index (χ0v) is 16.4. The number of fused-ring (bicyclic) bond motifs is 1. The van der Waals surface area contributed by atoms with Gasteiger partial charge in [0.2, 0.25) is 5.91 Å². The van der Waals surface area contributed by atoms with Gasteiger partial charge in [-0.05, 0) is 35.7 Å². The SMILES string of the molecule is CC(C)(C)CC(=O)Nc1cccc(SCN2C(=O)c3ccccc3C2=O)c1. The standard InChI is InChI=1S/C21H22N2O3S/c1-21(2,3)12-18(24)22-14-7-6-8-15(11-14)27-13-23-19(25)16-9-4-5-10-17(16)20(23)26/h4-11H,12-13H2,1-3H3,(H,22,24). The first-order valence-electron chi connectivity index (χ1n) is 8.72. The summed E-state index contributed by atoms with van der Waals surface area (Å²) >= 11 is 1.38. The van der Waals surface area contributed by atoms with E-state index in [0.29, 0.717) is 23.2 Å². The van der Waals surface area contributed by atoms with Gasteiger partial charge in [-0.1, -0.05) is 39.0 Å². The highest BCUT2D eigenvalue weighted by atomic mass is 32.2. The van der Waals surface area contributed by atoms with Crippen molar-refractivity contribution in [1.82, 2.24) is 4.90 Å². The van der Waals surface area contributed by atoms with Gasteiger partial charge in [-0.15, -0.1) is 11.8 Å². The van der Waals surface area contributed by atoms with Crippen molar-refractivity contribution in [1.29, 1.82) is 0 Å². The predicted octanol–water partition coefficient (Wildman–Crippen LogP) is 4.41. The average Bonchev–Trinajstić information content (AvgIpc) is 2.83. The molecule has 0 radical (unpaired) electrons. The summed E-state index contributed by atoms with van der Waals surface area (Å²) in [6.07, 6.45) is 0.430. The number of thioether (sulfide) groups is 1. The predicted molar refractivity (Wildman–Crippen MR) is 107 cm³/mol. The summed E-state index contributed by atoms with van der Waals surface area (Å²) in [5, 5.41) is 2.90. The molecule has 1 N–H and O–H groups in total. The summed E-state index contributed by atoms with van der Waals surface area (Å²) in [7, 11) is 0. The van der Waals surface area contributed by atoms with Crippen molar-refractivity contribution in [2.75, 3.05) is 11.2 Å². The van der Waals surface area contributed by atoms with Crippen LogP contribution in [0.15, 0.2) is 53.4 Å². The van der Waals surface area contributed by atoms with Crippen LogP contribution in [-0.4, -0.2) is 28.5 Å². The maximum absolute atomic E-state index is 12.4. The van der Waals surface area contributed by atoms with Crippen LogP contribution in [0.5, 0.6) is 0 Å². The number of rotatable bonds is 5. The number of benzene rings is 2. The summed E-state index contributed by atoms with van der Waals surface area (Å²) in [5.41, 5.74) is 1.52. The highest BCUT2D eigenvalue weighted by Crippen LogP contribution is 2.28. The first-order valence-corrected chi connectivity index (χ1v) is 9.71. The zero-order chi connectivity index (χ0) is 19.6. The summed E-state index contributed by atoms with van der Waals surface area (Å²) in [5.74, 6) is -0.341. The van der Waals surface area contributed by atoms with Crippen LogP contribution in [0.4, 0.5) is 5.69 Å². The maximum atomic E-state index is 12.4. The lowest BCUT2D eigenvalue weighted by Crippen LogP contribution is -2.29. The van der Waals surface area contributed by atoms with Crippen LogP contribution in [0.3, 0.4) is 0 Å². The lowest BCUT2D eigenvalue weighted by Gasteiger charge is -2.17. The molecule has 0 atom stereocenters. The zero-order valence-electron chi connectivity index (χ0n) is 15.6. The van der Waals surface area contributed by atoms with Gasteiger partial charge in [-0.2, -0.15) is 0 Å². The molecule has 1 aliphatic heterocycles. The number of nitrogens with one attached hydrogen (secondary N) is 1. The molecule has 5 nitrogen and oxygen atoms in total. The second-order valence-electron chi connectivity index (χ2n) is 7.67. The highest BCUT2D eigenvalue weighted by molar-refractivity contribution is 7.99. The molecule has 0 saturated heterocycles. The van der Waals surface area contributed by atoms with Gasteiger partial charge in [-0.3, -0.25) is 19.3 Å². The van der Waals surface area contributed by atoms with Crippen LogP contribution in [0.1, 0.15) is 47.9 Å². The van der Waals surface area contributed by atoms with Gasteiger partial charge >= 0.3 is 0 Å². The van der Waals surface area contributed by atoms with Crippen molar-refractivity contribution < 1.29 is 14.4 Å². The van der Waals surface area contributed by atoms with Gasteiger partial charge in [0.15, 0.2) is 0 Å². The van der Waals surface area contributed by atoms with E-state index in [-0.39, 0.29) is 29.0 Å². The number of anilines is 1. The number of hydrogen-bond acceptors (Lipinski definition) is 4. The largest absolute Gasteiger partial charge is 0.326 e. The Balaban J connectivity index is 1.63. The minimum Gasteiger partial charge on any atom is -0.326 e. The van der Waals surface area contributed by atoms with Gasteiger partial charge in [-0.25, -0.2) is 0 Å². The van der Waals surface area contributed by atoms with Gasteiger partial charge in [0.25, 0.3) is 11.8 Å². The molecule has 2 aromatic carbocycles. The van der Waals surface area contributed by atoms with Crippen LogP contribution in [0, 0.1) is 5.41 Å². The van der Waals surface area contributed by atoms with Gasteiger partial charge < -0.3 is 5.32 Å². The number of nitrogens with zero attached hydrogens (tertiary/aromatic N) is 1.